The second-order valence-electron chi connectivity index (χ2n) is 10.3. The molecular formula is C29H33ClFN7O2. The summed E-state index contributed by atoms with van der Waals surface area (Å²) in [7, 11) is 1.45. The Morgan fingerprint density at radius 3 is 2.58 bits per heavy atom. The molecule has 1 amide bonds. The maximum absolute atomic E-state index is 13.7. The number of rotatable bonds is 7. The Hall–Kier alpha value is -3.73. The second-order valence-corrected chi connectivity index (χ2v) is 10.3. The van der Waals surface area contributed by atoms with Crippen molar-refractivity contribution in [2.75, 3.05) is 39.0 Å². The molecule has 0 spiro atoms. The molecule has 4 heterocycles. The maximum atomic E-state index is 13.7. The minimum atomic E-state index is -0.494. The van der Waals surface area contributed by atoms with Gasteiger partial charge in [-0.3, -0.25) is 19.8 Å². The summed E-state index contributed by atoms with van der Waals surface area (Å²) in [6.45, 7) is 4.62. The molecule has 2 aromatic carbocycles. The summed E-state index contributed by atoms with van der Waals surface area (Å²) in [4.78, 5) is 20.4. The van der Waals surface area contributed by atoms with Gasteiger partial charge in [0, 0.05) is 42.9 Å². The first-order valence-electron chi connectivity index (χ1n) is 13.3. The number of halogens is 2. The zero-order valence-corrected chi connectivity index (χ0v) is 23.1. The van der Waals surface area contributed by atoms with Gasteiger partial charge >= 0.3 is 0 Å². The third kappa shape index (κ3) is 5.47. The van der Waals surface area contributed by atoms with E-state index < -0.39 is 11.7 Å². The largest absolute Gasteiger partial charge is 0.496 e. The van der Waals surface area contributed by atoms with E-state index in [1.807, 2.05) is 24.3 Å². The number of hydrogen-bond donors (Lipinski definition) is 4. The summed E-state index contributed by atoms with van der Waals surface area (Å²) < 4.78 is 18.9. The Labute approximate surface area is 238 Å². The second kappa shape index (κ2) is 11.8. The molecule has 0 unspecified atom stereocenters. The first-order valence-corrected chi connectivity index (χ1v) is 13.3. The summed E-state index contributed by atoms with van der Waals surface area (Å²) in [6.07, 6.45) is 2.15. The predicted octanol–water partition coefficient (Wildman–Crippen LogP) is 3.86. The van der Waals surface area contributed by atoms with E-state index in [-0.39, 0.29) is 24.5 Å². The Morgan fingerprint density at radius 1 is 1.15 bits per heavy atom. The monoisotopic (exact) mass is 565 g/mol. The molecule has 11 heteroatoms. The molecule has 0 radical (unpaired) electrons. The number of carbonyl (C=O) groups excluding carboxylic acids is 1. The number of piperidine rings is 1. The van der Waals surface area contributed by atoms with Crippen LogP contribution in [0.3, 0.4) is 0 Å². The lowest BCUT2D eigenvalue weighted by atomic mass is 9.90. The topological polar surface area (TPSA) is 121 Å². The molecule has 210 valence electrons. The van der Waals surface area contributed by atoms with Crippen molar-refractivity contribution >= 4 is 35.0 Å². The number of nitrogen functional groups attached to an aromatic ring is 1. The zero-order chi connectivity index (χ0) is 26.9. The number of amides is 1. The Balaban J connectivity index is 0.00000323. The van der Waals surface area contributed by atoms with Gasteiger partial charge in [0.1, 0.15) is 11.6 Å². The van der Waals surface area contributed by atoms with Crippen LogP contribution in [0, 0.1) is 5.82 Å². The van der Waals surface area contributed by atoms with E-state index in [0.29, 0.717) is 23.5 Å². The highest BCUT2D eigenvalue weighted by molar-refractivity contribution is 6.00. The molecule has 0 bridgehead atoms. The predicted molar refractivity (Wildman–Crippen MR) is 155 cm³/mol. The lowest BCUT2D eigenvalue weighted by Gasteiger charge is -2.42. The average molecular weight is 566 g/mol. The lowest BCUT2D eigenvalue weighted by Crippen LogP contribution is -2.58. The Kier molecular flexibility index (Phi) is 8.20. The molecule has 9 nitrogen and oxygen atoms in total. The summed E-state index contributed by atoms with van der Waals surface area (Å²) >= 11 is 0. The number of aromatic amines is 1. The van der Waals surface area contributed by atoms with Crippen molar-refractivity contribution < 1.29 is 13.9 Å². The fourth-order valence-corrected chi connectivity index (χ4v) is 5.51. The smallest absolute Gasteiger partial charge is 0.255 e. The summed E-state index contributed by atoms with van der Waals surface area (Å²) in [5, 5.41) is 14.3. The number of ether oxygens (including phenoxy) is 1. The van der Waals surface area contributed by atoms with Gasteiger partial charge in [-0.15, -0.1) is 12.4 Å². The van der Waals surface area contributed by atoms with Gasteiger partial charge in [0.15, 0.2) is 5.82 Å². The van der Waals surface area contributed by atoms with Gasteiger partial charge in [-0.1, -0.05) is 24.3 Å². The molecule has 5 N–H and O–H groups in total. The van der Waals surface area contributed by atoms with E-state index in [4.69, 9.17) is 15.5 Å². The third-order valence-corrected chi connectivity index (χ3v) is 7.90. The van der Waals surface area contributed by atoms with E-state index in [1.165, 1.54) is 25.3 Å². The Bertz CT molecular complexity index is 1500. The summed E-state index contributed by atoms with van der Waals surface area (Å²) in [5.74, 6) is 0.231. The molecule has 2 fully saturated rings. The van der Waals surface area contributed by atoms with Crippen LogP contribution >= 0.6 is 12.4 Å². The molecule has 0 aliphatic carbocycles. The SMILES string of the molecule is COc1ccc(F)cc1C(=O)NCc1ccc(-c2nc(C3CCN(C4CNC4)CC3)cc3[nH]nc(N)c23)cc1.Cl. The third-order valence-electron chi connectivity index (χ3n) is 7.90. The van der Waals surface area contributed by atoms with Crippen LogP contribution in [-0.2, 0) is 6.54 Å². The van der Waals surface area contributed by atoms with Gasteiger partial charge in [-0.2, -0.15) is 5.10 Å². The molecular weight excluding hydrogens is 533 g/mol. The van der Waals surface area contributed by atoms with Crippen LogP contribution in [0.25, 0.3) is 22.2 Å². The van der Waals surface area contributed by atoms with Crippen LogP contribution in [0.2, 0.25) is 0 Å². The van der Waals surface area contributed by atoms with Crippen molar-refractivity contribution in [3.63, 3.8) is 0 Å². The number of carbonyl (C=O) groups is 1. The summed E-state index contributed by atoms with van der Waals surface area (Å²) in [6, 6.07) is 14.5. The van der Waals surface area contributed by atoms with E-state index >= 15 is 0 Å². The number of benzene rings is 2. The highest BCUT2D eigenvalue weighted by atomic mass is 35.5. The average Bonchev–Trinajstić information content (AvgIpc) is 3.31. The van der Waals surface area contributed by atoms with E-state index in [1.54, 1.807) is 0 Å². The van der Waals surface area contributed by atoms with Crippen molar-refractivity contribution in [1.29, 1.82) is 0 Å². The van der Waals surface area contributed by atoms with E-state index in [2.05, 4.69) is 31.8 Å². The van der Waals surface area contributed by atoms with Crippen molar-refractivity contribution in [2.45, 2.75) is 31.3 Å². The molecule has 40 heavy (non-hydrogen) atoms. The molecule has 0 saturated carbocycles. The highest BCUT2D eigenvalue weighted by Gasteiger charge is 2.30. The number of likely N-dealkylation sites (tertiary alicyclic amines) is 1. The van der Waals surface area contributed by atoms with Gasteiger partial charge in [-0.05, 0) is 55.8 Å². The number of anilines is 1. The first kappa shape index (κ1) is 27.8. The van der Waals surface area contributed by atoms with Crippen molar-refractivity contribution in [3.8, 4) is 17.0 Å². The molecule has 2 aliphatic heterocycles. The number of H-pyrrole nitrogens is 1. The van der Waals surface area contributed by atoms with Crippen molar-refractivity contribution in [2.24, 2.45) is 0 Å². The first-order chi connectivity index (χ1) is 19.0. The number of pyridine rings is 1. The quantitative estimate of drug-likeness (QED) is 0.268. The normalized spacial score (nSPS) is 16.4. The van der Waals surface area contributed by atoms with Gasteiger partial charge < -0.3 is 21.1 Å². The van der Waals surface area contributed by atoms with Crippen molar-refractivity contribution in [3.05, 3.63) is 71.2 Å². The highest BCUT2D eigenvalue weighted by Crippen LogP contribution is 2.35. The van der Waals surface area contributed by atoms with Crippen LogP contribution in [-0.4, -0.2) is 65.3 Å². The zero-order valence-electron chi connectivity index (χ0n) is 22.2. The van der Waals surface area contributed by atoms with Crippen LogP contribution in [0.1, 0.15) is 40.4 Å². The van der Waals surface area contributed by atoms with Crippen LogP contribution in [0.4, 0.5) is 10.2 Å². The fraction of sp³-hybridized carbons (Fsp3) is 0.345. The van der Waals surface area contributed by atoms with Crippen LogP contribution < -0.4 is 21.1 Å². The van der Waals surface area contributed by atoms with Crippen molar-refractivity contribution in [1.82, 2.24) is 30.7 Å². The fourth-order valence-electron chi connectivity index (χ4n) is 5.51. The van der Waals surface area contributed by atoms with E-state index in [0.717, 1.165) is 72.4 Å². The number of fused-ring (bicyclic) bond motifs is 1. The number of nitrogens with zero attached hydrogens (tertiary/aromatic N) is 3. The molecule has 2 saturated heterocycles. The van der Waals surface area contributed by atoms with Crippen LogP contribution in [0.5, 0.6) is 5.75 Å². The molecule has 4 aromatic rings. The lowest BCUT2D eigenvalue weighted by molar-refractivity contribution is 0.0947. The molecule has 2 aliphatic rings. The minimum absolute atomic E-state index is 0. The molecule has 6 rings (SSSR count). The number of nitrogens with two attached hydrogens (primary N) is 1. The standard InChI is InChI=1S/C29H32FN7O2.ClH/c1-39-25-7-6-20(30)12-22(25)29(38)33-14-17-2-4-19(5-3-17)27-26-24(35-36-28(26)31)13-23(34-27)18-8-10-37(11-9-18)21-15-32-16-21;/h2-7,12-13,18,21,32H,8-11,14-16H2,1H3,(H,33,38)(H3,31,35,36);1H. The van der Waals surface area contributed by atoms with Crippen LogP contribution in [0.15, 0.2) is 48.5 Å². The molecule has 2 aromatic heterocycles. The number of methoxy groups -OCH3 is 1. The van der Waals surface area contributed by atoms with Gasteiger partial charge in [0.2, 0.25) is 0 Å². The van der Waals surface area contributed by atoms with Gasteiger partial charge in [0.25, 0.3) is 5.91 Å². The van der Waals surface area contributed by atoms with Gasteiger partial charge in [0.05, 0.1) is 29.3 Å². The van der Waals surface area contributed by atoms with Gasteiger partial charge in [-0.25, -0.2) is 4.39 Å². The summed E-state index contributed by atoms with van der Waals surface area (Å²) in [5.41, 5.74) is 11.0. The number of aromatic nitrogens is 3. The minimum Gasteiger partial charge on any atom is -0.496 e. The number of hydrogen-bond acceptors (Lipinski definition) is 7. The Morgan fingerprint density at radius 2 is 1.90 bits per heavy atom. The molecule has 0 atom stereocenters. The number of nitrogens with one attached hydrogen (secondary N) is 3. The van der Waals surface area contributed by atoms with E-state index in [9.17, 15) is 9.18 Å². The maximum Gasteiger partial charge on any atom is 0.255 e.